The number of rotatable bonds is 3. The fourth-order valence-corrected chi connectivity index (χ4v) is 5.80. The third-order valence-electron chi connectivity index (χ3n) is 4.64. The molecule has 0 aromatic heterocycles. The smallest absolute Gasteiger partial charge is 0.228 e. The number of anilines is 1. The average molecular weight is 451 g/mol. The van der Waals surface area contributed by atoms with Crippen molar-refractivity contribution in [1.82, 2.24) is 0 Å². The van der Waals surface area contributed by atoms with E-state index in [1.165, 1.54) is 0 Å². The number of halogens is 3. The van der Waals surface area contributed by atoms with Crippen LogP contribution in [-0.4, -0.2) is 21.5 Å². The molecule has 2 bridgehead atoms. The second-order valence-corrected chi connectivity index (χ2v) is 8.37. The summed E-state index contributed by atoms with van der Waals surface area (Å²) in [5.41, 5.74) is 0.568. The second kappa shape index (κ2) is 6.13. The van der Waals surface area contributed by atoms with Crippen LogP contribution >= 0.6 is 43.5 Å². The van der Waals surface area contributed by atoms with Crippen LogP contribution in [0.2, 0.25) is 5.02 Å². The topological polar surface area (TPSA) is 69.2 Å². The normalized spacial score (nSPS) is 36.3. The van der Waals surface area contributed by atoms with Gasteiger partial charge in [-0.25, -0.2) is 0 Å². The Labute approximate surface area is 149 Å². The Kier molecular flexibility index (Phi) is 4.54. The number of hydrogen-bond donors (Lipinski definition) is 1. The molecule has 3 rings (SSSR count). The summed E-state index contributed by atoms with van der Waals surface area (Å²) in [6, 6.07) is 6.81. The standard InChI is InChI=1S/C15H14Br2ClNO3/c16-12-8-5-9(13(12)17)11(15(21)22)10(8)14(20)19-7-3-1-2-6(18)4-7/h1-4,8-13H,5H2,(H,19,20)(H,21,22)/p-1/t8-,9+,10-,11+,12-,13+/m1/s1. The van der Waals surface area contributed by atoms with Gasteiger partial charge in [-0.15, -0.1) is 0 Å². The van der Waals surface area contributed by atoms with Crippen LogP contribution < -0.4 is 10.4 Å². The lowest BCUT2D eigenvalue weighted by Crippen LogP contribution is -2.49. The van der Waals surface area contributed by atoms with Gasteiger partial charge in [-0.3, -0.25) is 4.79 Å². The van der Waals surface area contributed by atoms with Gasteiger partial charge in [0.15, 0.2) is 0 Å². The van der Waals surface area contributed by atoms with Gasteiger partial charge in [-0.2, -0.15) is 0 Å². The van der Waals surface area contributed by atoms with Crippen LogP contribution in [0.3, 0.4) is 0 Å². The van der Waals surface area contributed by atoms with Crippen molar-refractivity contribution in [1.29, 1.82) is 0 Å². The zero-order chi connectivity index (χ0) is 16.0. The fraction of sp³-hybridized carbons (Fsp3) is 0.467. The van der Waals surface area contributed by atoms with Crippen LogP contribution in [0.5, 0.6) is 0 Å². The van der Waals surface area contributed by atoms with E-state index in [4.69, 9.17) is 11.6 Å². The van der Waals surface area contributed by atoms with Crippen molar-refractivity contribution in [3.05, 3.63) is 29.3 Å². The SMILES string of the molecule is O=C(Nc1cccc(Cl)c1)[C@@H]1[C@H]2C[C@H]([C@H](Br)[C@@H]2Br)[C@@H]1C(=O)[O-]. The predicted octanol–water partition coefficient (Wildman–Crippen LogP) is 2.44. The van der Waals surface area contributed by atoms with Gasteiger partial charge in [0.25, 0.3) is 0 Å². The summed E-state index contributed by atoms with van der Waals surface area (Å²) < 4.78 is 0. The molecule has 22 heavy (non-hydrogen) atoms. The van der Waals surface area contributed by atoms with Crippen LogP contribution in [0.1, 0.15) is 6.42 Å². The first-order valence-electron chi connectivity index (χ1n) is 6.95. The van der Waals surface area contributed by atoms with Gasteiger partial charge < -0.3 is 15.2 Å². The minimum atomic E-state index is -1.15. The maximum Gasteiger partial charge on any atom is 0.228 e. The first-order chi connectivity index (χ1) is 10.4. The fourth-order valence-electron chi connectivity index (χ4n) is 3.74. The average Bonchev–Trinajstić information content (AvgIpc) is 2.97. The van der Waals surface area contributed by atoms with E-state index < -0.39 is 17.8 Å². The Hall–Kier alpha value is -0.590. The third-order valence-corrected chi connectivity index (χ3v) is 8.08. The number of carbonyl (C=O) groups excluding carboxylic acids is 2. The van der Waals surface area contributed by atoms with Gasteiger partial charge in [0.05, 0.1) is 5.92 Å². The molecule has 6 atom stereocenters. The highest BCUT2D eigenvalue weighted by Crippen LogP contribution is 2.57. The number of aliphatic carboxylic acids is 1. The summed E-state index contributed by atoms with van der Waals surface area (Å²) in [4.78, 5) is 24.3. The van der Waals surface area contributed by atoms with Gasteiger partial charge in [-0.05, 0) is 36.5 Å². The number of amides is 1. The summed E-state index contributed by atoms with van der Waals surface area (Å²) in [7, 11) is 0. The van der Waals surface area contributed by atoms with Crippen molar-refractivity contribution < 1.29 is 14.7 Å². The summed E-state index contributed by atoms with van der Waals surface area (Å²) in [5, 5.41) is 14.8. The van der Waals surface area contributed by atoms with Crippen LogP contribution in [0.15, 0.2) is 24.3 Å². The number of nitrogens with one attached hydrogen (secondary N) is 1. The minimum Gasteiger partial charge on any atom is -0.550 e. The van der Waals surface area contributed by atoms with E-state index in [1.54, 1.807) is 24.3 Å². The molecule has 7 heteroatoms. The summed E-state index contributed by atoms with van der Waals surface area (Å²) in [6.07, 6.45) is 0.706. The molecule has 1 aromatic carbocycles. The molecule has 1 aromatic rings. The molecular weight excluding hydrogens is 437 g/mol. The molecule has 2 fully saturated rings. The molecular formula is C15H13Br2ClNO3-. The Balaban J connectivity index is 1.83. The number of alkyl halides is 2. The molecule has 1 amide bonds. The van der Waals surface area contributed by atoms with Crippen LogP contribution in [-0.2, 0) is 9.59 Å². The first kappa shape index (κ1) is 16.3. The lowest BCUT2D eigenvalue weighted by atomic mass is 9.78. The van der Waals surface area contributed by atoms with E-state index >= 15 is 0 Å². The van der Waals surface area contributed by atoms with E-state index in [2.05, 4.69) is 37.2 Å². The molecule has 4 nitrogen and oxygen atoms in total. The molecule has 118 valence electrons. The molecule has 2 aliphatic rings. The second-order valence-electron chi connectivity index (χ2n) is 5.82. The maximum absolute atomic E-state index is 12.6. The Morgan fingerprint density at radius 3 is 2.41 bits per heavy atom. The summed E-state index contributed by atoms with van der Waals surface area (Å²) >= 11 is 13.0. The van der Waals surface area contributed by atoms with E-state index in [0.717, 1.165) is 0 Å². The van der Waals surface area contributed by atoms with Crippen molar-refractivity contribution in [3.8, 4) is 0 Å². The number of fused-ring (bicyclic) bond motifs is 2. The van der Waals surface area contributed by atoms with Gasteiger partial charge in [-0.1, -0.05) is 49.5 Å². The van der Waals surface area contributed by atoms with Crippen molar-refractivity contribution >= 4 is 61.0 Å². The molecule has 0 saturated heterocycles. The highest BCUT2D eigenvalue weighted by Gasteiger charge is 2.59. The van der Waals surface area contributed by atoms with Crippen molar-refractivity contribution in [2.75, 3.05) is 5.32 Å². The van der Waals surface area contributed by atoms with Crippen molar-refractivity contribution in [2.45, 2.75) is 16.1 Å². The van der Waals surface area contributed by atoms with Crippen LogP contribution in [0.25, 0.3) is 0 Å². The van der Waals surface area contributed by atoms with Crippen molar-refractivity contribution in [3.63, 3.8) is 0 Å². The number of carbonyl (C=O) groups is 2. The zero-order valence-corrected chi connectivity index (χ0v) is 15.3. The monoisotopic (exact) mass is 448 g/mol. The Morgan fingerprint density at radius 2 is 1.82 bits per heavy atom. The molecule has 2 aliphatic carbocycles. The summed E-state index contributed by atoms with van der Waals surface area (Å²) in [5.74, 6) is -2.89. The molecule has 0 spiro atoms. The number of carboxylic acid groups (broad SMARTS) is 1. The van der Waals surface area contributed by atoms with Crippen molar-refractivity contribution in [2.24, 2.45) is 23.7 Å². The molecule has 0 heterocycles. The minimum absolute atomic E-state index is 0.0172. The molecule has 2 saturated carbocycles. The van der Waals surface area contributed by atoms with E-state index in [9.17, 15) is 14.7 Å². The highest BCUT2D eigenvalue weighted by molar-refractivity contribution is 9.12. The molecule has 1 N–H and O–H groups in total. The summed E-state index contributed by atoms with van der Waals surface area (Å²) in [6.45, 7) is 0. The number of benzene rings is 1. The van der Waals surface area contributed by atoms with Gasteiger partial charge >= 0.3 is 0 Å². The lowest BCUT2D eigenvalue weighted by Gasteiger charge is -2.36. The Bertz CT molecular complexity index is 627. The molecule has 0 aliphatic heterocycles. The highest BCUT2D eigenvalue weighted by atomic mass is 79.9. The number of carboxylic acids is 1. The number of hydrogen-bond acceptors (Lipinski definition) is 3. The van der Waals surface area contributed by atoms with Crippen LogP contribution in [0.4, 0.5) is 5.69 Å². The molecule has 0 unspecified atom stereocenters. The third kappa shape index (κ3) is 2.69. The van der Waals surface area contributed by atoms with Gasteiger partial charge in [0.1, 0.15) is 0 Å². The van der Waals surface area contributed by atoms with Gasteiger partial charge in [0, 0.05) is 32.3 Å². The predicted molar refractivity (Wildman–Crippen MR) is 89.1 cm³/mol. The van der Waals surface area contributed by atoms with E-state index in [1.807, 2.05) is 0 Å². The van der Waals surface area contributed by atoms with E-state index in [0.29, 0.717) is 17.1 Å². The van der Waals surface area contributed by atoms with Gasteiger partial charge in [0.2, 0.25) is 5.91 Å². The first-order valence-corrected chi connectivity index (χ1v) is 9.16. The van der Waals surface area contributed by atoms with E-state index in [-0.39, 0.29) is 27.4 Å². The Morgan fingerprint density at radius 1 is 1.18 bits per heavy atom. The van der Waals surface area contributed by atoms with Crippen LogP contribution in [0, 0.1) is 23.7 Å². The zero-order valence-electron chi connectivity index (χ0n) is 11.3. The maximum atomic E-state index is 12.6. The molecule has 0 radical (unpaired) electrons. The largest absolute Gasteiger partial charge is 0.550 e. The quantitative estimate of drug-likeness (QED) is 0.720. The lowest BCUT2D eigenvalue weighted by molar-refractivity contribution is -0.314.